The van der Waals surface area contributed by atoms with Gasteiger partial charge in [0.1, 0.15) is 0 Å². The second kappa shape index (κ2) is 8.17. The lowest BCUT2D eigenvalue weighted by Crippen LogP contribution is -2.45. The molecule has 0 atom stereocenters. The van der Waals surface area contributed by atoms with Gasteiger partial charge in [-0.2, -0.15) is 5.10 Å². The van der Waals surface area contributed by atoms with E-state index in [0.717, 1.165) is 31.0 Å². The molecule has 0 fully saturated rings. The minimum atomic E-state index is -0.227. The Balaban J connectivity index is 2.72. The zero-order chi connectivity index (χ0) is 16.8. The van der Waals surface area contributed by atoms with Gasteiger partial charge in [-0.1, -0.05) is 13.8 Å². The summed E-state index contributed by atoms with van der Waals surface area (Å²) in [5.74, 6) is 0.776. The van der Waals surface area contributed by atoms with Crippen LogP contribution in [0, 0.1) is 0 Å². The van der Waals surface area contributed by atoms with Crippen LogP contribution >= 0.6 is 0 Å². The minimum Gasteiger partial charge on any atom is -0.377 e. The number of aliphatic imine (C=N–C) groups is 1. The molecule has 0 amide bonds. The molecule has 0 spiro atoms. The van der Waals surface area contributed by atoms with Crippen LogP contribution in [0.3, 0.4) is 0 Å². The lowest BCUT2D eigenvalue weighted by Gasteiger charge is -2.24. The van der Waals surface area contributed by atoms with Gasteiger partial charge in [0.2, 0.25) is 0 Å². The molecule has 6 nitrogen and oxygen atoms in total. The van der Waals surface area contributed by atoms with E-state index in [9.17, 15) is 0 Å². The highest BCUT2D eigenvalue weighted by Crippen LogP contribution is 2.15. The average molecular weight is 309 g/mol. The Kier molecular flexibility index (Phi) is 6.87. The van der Waals surface area contributed by atoms with Gasteiger partial charge in [0.05, 0.1) is 11.3 Å². The molecule has 126 valence electrons. The maximum absolute atomic E-state index is 5.41. The molecule has 1 heterocycles. The Hall–Kier alpha value is -1.56. The zero-order valence-electron chi connectivity index (χ0n) is 15.1. The zero-order valence-corrected chi connectivity index (χ0v) is 15.1. The van der Waals surface area contributed by atoms with E-state index < -0.39 is 0 Å². The smallest absolute Gasteiger partial charge is 0.191 e. The van der Waals surface area contributed by atoms with Crippen molar-refractivity contribution < 1.29 is 4.74 Å². The standard InChI is InChI=1S/C16H31N5O/c1-8-13-12(14(9-2)21(6)20-13)10-18-15(17-5)19-11-16(3,4)22-7/h8-11H2,1-7H3,(H2,17,18,19). The van der Waals surface area contributed by atoms with Crippen molar-refractivity contribution in [3.05, 3.63) is 17.0 Å². The van der Waals surface area contributed by atoms with Crippen LogP contribution < -0.4 is 10.6 Å². The van der Waals surface area contributed by atoms with Crippen LogP contribution in [0.15, 0.2) is 4.99 Å². The van der Waals surface area contributed by atoms with Crippen molar-refractivity contribution in [1.29, 1.82) is 0 Å². The molecule has 0 aliphatic heterocycles. The molecule has 22 heavy (non-hydrogen) atoms. The summed E-state index contributed by atoms with van der Waals surface area (Å²) in [7, 11) is 5.50. The molecular weight excluding hydrogens is 278 g/mol. The van der Waals surface area contributed by atoms with Crippen molar-refractivity contribution in [1.82, 2.24) is 20.4 Å². The van der Waals surface area contributed by atoms with E-state index in [1.165, 1.54) is 11.3 Å². The lowest BCUT2D eigenvalue weighted by molar-refractivity contribution is 0.0268. The number of guanidine groups is 1. The monoisotopic (exact) mass is 309 g/mol. The summed E-state index contributed by atoms with van der Waals surface area (Å²) in [4.78, 5) is 4.27. The number of hydrogen-bond acceptors (Lipinski definition) is 3. The van der Waals surface area contributed by atoms with Crippen LogP contribution in [0.5, 0.6) is 0 Å². The third-order valence-corrected chi connectivity index (χ3v) is 3.92. The normalized spacial score (nSPS) is 12.6. The fourth-order valence-electron chi connectivity index (χ4n) is 2.36. The molecule has 0 bridgehead atoms. The Morgan fingerprint density at radius 3 is 2.45 bits per heavy atom. The molecule has 1 aromatic rings. The van der Waals surface area contributed by atoms with E-state index in [1.807, 2.05) is 25.6 Å². The van der Waals surface area contributed by atoms with Crippen molar-refractivity contribution in [2.75, 3.05) is 20.7 Å². The molecule has 6 heteroatoms. The second-order valence-corrected chi connectivity index (χ2v) is 5.95. The van der Waals surface area contributed by atoms with Gasteiger partial charge < -0.3 is 15.4 Å². The summed E-state index contributed by atoms with van der Waals surface area (Å²) in [6.45, 7) is 9.80. The molecular formula is C16H31N5O. The third kappa shape index (κ3) is 4.73. The lowest BCUT2D eigenvalue weighted by atomic mass is 10.1. The van der Waals surface area contributed by atoms with Crippen LogP contribution in [0.1, 0.15) is 44.6 Å². The van der Waals surface area contributed by atoms with E-state index in [2.05, 4.69) is 34.6 Å². The first-order chi connectivity index (χ1) is 10.4. The summed E-state index contributed by atoms with van der Waals surface area (Å²) >= 11 is 0. The van der Waals surface area contributed by atoms with E-state index >= 15 is 0 Å². The van der Waals surface area contributed by atoms with Crippen LogP contribution in [0.2, 0.25) is 0 Å². The van der Waals surface area contributed by atoms with Crippen molar-refractivity contribution in [2.45, 2.75) is 52.7 Å². The molecule has 0 aliphatic carbocycles. The van der Waals surface area contributed by atoms with Gasteiger partial charge in [0, 0.05) is 45.6 Å². The van der Waals surface area contributed by atoms with Crippen molar-refractivity contribution in [3.63, 3.8) is 0 Å². The van der Waals surface area contributed by atoms with Gasteiger partial charge in [-0.15, -0.1) is 0 Å². The SMILES string of the molecule is CCc1nn(C)c(CC)c1CNC(=NC)NCC(C)(C)OC. The molecule has 1 rings (SSSR count). The van der Waals surface area contributed by atoms with E-state index in [0.29, 0.717) is 6.54 Å². The number of nitrogens with one attached hydrogen (secondary N) is 2. The van der Waals surface area contributed by atoms with Crippen LogP contribution in [0.25, 0.3) is 0 Å². The highest BCUT2D eigenvalue weighted by molar-refractivity contribution is 5.79. The summed E-state index contributed by atoms with van der Waals surface area (Å²) < 4.78 is 7.40. The molecule has 0 saturated carbocycles. The van der Waals surface area contributed by atoms with Gasteiger partial charge in [0.25, 0.3) is 0 Å². The van der Waals surface area contributed by atoms with Gasteiger partial charge in [0.15, 0.2) is 5.96 Å². The highest BCUT2D eigenvalue weighted by Gasteiger charge is 2.17. The Labute approximate surface area is 134 Å². The van der Waals surface area contributed by atoms with E-state index in [1.54, 1.807) is 14.2 Å². The molecule has 2 N–H and O–H groups in total. The van der Waals surface area contributed by atoms with Gasteiger partial charge >= 0.3 is 0 Å². The van der Waals surface area contributed by atoms with Crippen molar-refractivity contribution >= 4 is 5.96 Å². The van der Waals surface area contributed by atoms with E-state index in [-0.39, 0.29) is 5.60 Å². The summed E-state index contributed by atoms with van der Waals surface area (Å²) in [6, 6.07) is 0. The summed E-state index contributed by atoms with van der Waals surface area (Å²) in [5, 5.41) is 11.3. The number of rotatable bonds is 7. The minimum absolute atomic E-state index is 0.227. The topological polar surface area (TPSA) is 63.5 Å². The van der Waals surface area contributed by atoms with Crippen LogP contribution in [-0.2, 0) is 31.2 Å². The number of methoxy groups -OCH3 is 1. The fourth-order valence-corrected chi connectivity index (χ4v) is 2.36. The van der Waals surface area contributed by atoms with Crippen molar-refractivity contribution in [2.24, 2.45) is 12.0 Å². The highest BCUT2D eigenvalue weighted by atomic mass is 16.5. The summed E-state index contributed by atoms with van der Waals surface area (Å²) in [6.07, 6.45) is 1.91. The third-order valence-electron chi connectivity index (χ3n) is 3.92. The average Bonchev–Trinajstić information content (AvgIpc) is 2.82. The Morgan fingerprint density at radius 1 is 1.27 bits per heavy atom. The Bertz CT molecular complexity index is 505. The number of ether oxygens (including phenoxy) is 1. The predicted molar refractivity (Wildman–Crippen MR) is 91.3 cm³/mol. The molecule has 0 radical (unpaired) electrons. The fraction of sp³-hybridized carbons (Fsp3) is 0.750. The van der Waals surface area contributed by atoms with Gasteiger partial charge in [-0.05, 0) is 26.7 Å². The molecule has 1 aromatic heterocycles. The number of nitrogens with zero attached hydrogens (tertiary/aromatic N) is 3. The van der Waals surface area contributed by atoms with Crippen molar-refractivity contribution in [3.8, 4) is 0 Å². The first-order valence-corrected chi connectivity index (χ1v) is 7.91. The van der Waals surface area contributed by atoms with E-state index in [4.69, 9.17) is 4.74 Å². The molecule has 0 aromatic carbocycles. The van der Waals surface area contributed by atoms with Crippen LogP contribution in [-0.4, -0.2) is 42.0 Å². The number of aryl methyl sites for hydroxylation is 2. The molecule has 0 aliphatic rings. The second-order valence-electron chi connectivity index (χ2n) is 5.95. The number of aromatic nitrogens is 2. The Morgan fingerprint density at radius 2 is 1.95 bits per heavy atom. The predicted octanol–water partition coefficient (Wildman–Crippen LogP) is 1.63. The molecule has 0 saturated heterocycles. The van der Waals surface area contributed by atoms with Gasteiger partial charge in [-0.3, -0.25) is 9.67 Å². The first kappa shape index (κ1) is 18.5. The van der Waals surface area contributed by atoms with Gasteiger partial charge in [-0.25, -0.2) is 0 Å². The molecule has 0 unspecified atom stereocenters. The maximum Gasteiger partial charge on any atom is 0.191 e. The number of hydrogen-bond donors (Lipinski definition) is 2. The quantitative estimate of drug-likeness (QED) is 0.594. The van der Waals surface area contributed by atoms with Crippen LogP contribution in [0.4, 0.5) is 0 Å². The first-order valence-electron chi connectivity index (χ1n) is 7.91. The largest absolute Gasteiger partial charge is 0.377 e. The maximum atomic E-state index is 5.41. The summed E-state index contributed by atoms with van der Waals surface area (Å²) in [5.41, 5.74) is 3.48.